The molecule has 0 spiro atoms. The minimum atomic E-state index is -0.157. The van der Waals surface area contributed by atoms with E-state index < -0.39 is 0 Å². The predicted molar refractivity (Wildman–Crippen MR) is 106 cm³/mol. The summed E-state index contributed by atoms with van der Waals surface area (Å²) < 4.78 is 27.0. The molecule has 2 aromatic heterocycles. The molecule has 0 bridgehead atoms. The smallest absolute Gasteiger partial charge is 0.219 e. The van der Waals surface area contributed by atoms with Crippen LogP contribution in [0.5, 0.6) is 11.6 Å². The number of benzene rings is 1. The number of nitrogens with two attached hydrogens (primary N) is 1. The number of furan rings is 1. The van der Waals surface area contributed by atoms with Crippen LogP contribution in [0, 0.1) is 0 Å². The van der Waals surface area contributed by atoms with Gasteiger partial charge in [-0.2, -0.15) is 4.40 Å². The molecule has 27 heavy (non-hydrogen) atoms. The van der Waals surface area contributed by atoms with E-state index in [2.05, 4.69) is 9.38 Å². The number of halogens is 1. The minimum Gasteiger partial charge on any atom is -0.463 e. The number of nitrogens with zero attached hydrogens (tertiary/aromatic N) is 2. The number of aldehydes is 1. The van der Waals surface area contributed by atoms with Crippen LogP contribution in [0.1, 0.15) is 29.8 Å². The van der Waals surface area contributed by atoms with Gasteiger partial charge in [-0.15, -0.1) is 3.89 Å². The third-order valence-electron chi connectivity index (χ3n) is 3.35. The summed E-state index contributed by atoms with van der Waals surface area (Å²) in [6, 6.07) is 8.43. The number of fused-ring (bicyclic) bond motifs is 1. The molecule has 8 heteroatoms. The number of rotatable bonds is 6. The Morgan fingerprint density at radius 3 is 2.78 bits per heavy atom. The Morgan fingerprint density at radius 1 is 1.33 bits per heavy atom. The molecule has 0 atom stereocenters. The van der Waals surface area contributed by atoms with Gasteiger partial charge in [0.1, 0.15) is 17.6 Å². The van der Waals surface area contributed by atoms with Gasteiger partial charge >= 0.3 is 0 Å². The summed E-state index contributed by atoms with van der Waals surface area (Å²) in [5.74, 6) is 0.851. The van der Waals surface area contributed by atoms with Gasteiger partial charge in [-0.25, -0.2) is 4.98 Å². The van der Waals surface area contributed by atoms with Crippen molar-refractivity contribution in [1.29, 1.82) is 0 Å². The van der Waals surface area contributed by atoms with E-state index in [1.54, 1.807) is 30.3 Å². The molecule has 2 N–H and O–H groups in total. The maximum Gasteiger partial charge on any atom is 0.219 e. The van der Waals surface area contributed by atoms with Crippen molar-refractivity contribution in [3.05, 3.63) is 66.2 Å². The van der Waals surface area contributed by atoms with Crippen molar-refractivity contribution in [2.75, 3.05) is 0 Å². The number of hydrogen-bond acceptors (Lipinski definition) is 7. The fraction of sp³-hybridized carbons (Fsp3) is 0.105. The number of pyridine rings is 1. The second-order valence-corrected chi connectivity index (χ2v) is 5.18. The first-order valence-corrected chi connectivity index (χ1v) is 8.77. The van der Waals surface area contributed by atoms with E-state index in [-0.39, 0.29) is 12.3 Å². The first kappa shape index (κ1) is 20.2. The maximum atomic E-state index is 12.4. The zero-order valence-electron chi connectivity index (χ0n) is 14.8. The van der Waals surface area contributed by atoms with Gasteiger partial charge in [0.05, 0.1) is 11.3 Å². The number of aromatic nitrogens is 1. The maximum absolute atomic E-state index is 12.4. The Bertz CT molecular complexity index is 952. The number of allylic oxidation sites excluding steroid dienone is 1. The molecule has 3 rings (SSSR count). The van der Waals surface area contributed by atoms with Crippen molar-refractivity contribution in [2.45, 2.75) is 13.8 Å². The highest BCUT2D eigenvalue weighted by atomic mass is 32.2. The molecule has 0 saturated heterocycles. The first-order chi connectivity index (χ1) is 13.2. The van der Waals surface area contributed by atoms with E-state index in [1.165, 1.54) is 24.7 Å². The Hall–Kier alpha value is -3.13. The van der Waals surface area contributed by atoms with Crippen LogP contribution in [0.15, 0.2) is 63.9 Å². The fourth-order valence-electron chi connectivity index (χ4n) is 2.20. The molecule has 2 heterocycles. The summed E-state index contributed by atoms with van der Waals surface area (Å²) in [6.07, 6.45) is 6.37. The van der Waals surface area contributed by atoms with Crippen LogP contribution in [-0.4, -0.2) is 17.0 Å². The monoisotopic (exact) mass is 387 g/mol. The first-order valence-electron chi connectivity index (χ1n) is 8.10. The average molecular weight is 387 g/mol. The molecule has 0 amide bonds. The Kier molecular flexibility index (Phi) is 7.57. The number of ether oxygens (including phenoxy) is 1. The van der Waals surface area contributed by atoms with Crippen molar-refractivity contribution in [2.24, 2.45) is 10.1 Å². The lowest BCUT2D eigenvalue weighted by atomic mass is 10.2. The molecule has 3 aromatic rings. The van der Waals surface area contributed by atoms with Gasteiger partial charge in [0.15, 0.2) is 18.6 Å². The van der Waals surface area contributed by atoms with Crippen LogP contribution in [0.2, 0.25) is 0 Å². The summed E-state index contributed by atoms with van der Waals surface area (Å²) in [7, 11) is 0. The third kappa shape index (κ3) is 4.95. The fourth-order valence-corrected chi connectivity index (χ4v) is 2.45. The van der Waals surface area contributed by atoms with Crippen LogP contribution in [0.3, 0.4) is 0 Å². The molecule has 140 valence electrons. The summed E-state index contributed by atoms with van der Waals surface area (Å²) in [6.45, 7) is 4.00. The Labute approximate surface area is 160 Å². The molecule has 0 aliphatic rings. The molecule has 0 fully saturated rings. The van der Waals surface area contributed by atoms with Crippen LogP contribution >= 0.6 is 12.3 Å². The van der Waals surface area contributed by atoms with Crippen LogP contribution in [-0.2, 0) is 0 Å². The second kappa shape index (κ2) is 10.1. The van der Waals surface area contributed by atoms with Crippen molar-refractivity contribution in [3.63, 3.8) is 0 Å². The Morgan fingerprint density at radius 2 is 2.15 bits per heavy atom. The molecule has 0 radical (unpaired) electrons. The summed E-state index contributed by atoms with van der Waals surface area (Å²) in [4.78, 5) is 15.1. The van der Waals surface area contributed by atoms with Gasteiger partial charge in [0, 0.05) is 29.3 Å². The lowest BCUT2D eigenvalue weighted by molar-refractivity contribution is 0.112. The normalized spacial score (nSPS) is 11.3. The molecule has 1 aromatic carbocycles. The molecule has 0 unspecified atom stereocenters. The van der Waals surface area contributed by atoms with E-state index in [0.29, 0.717) is 39.4 Å². The van der Waals surface area contributed by atoms with Crippen molar-refractivity contribution >= 4 is 35.3 Å². The van der Waals surface area contributed by atoms with Crippen molar-refractivity contribution in [3.8, 4) is 11.6 Å². The van der Waals surface area contributed by atoms with Crippen molar-refractivity contribution < 1.29 is 17.8 Å². The van der Waals surface area contributed by atoms with Gasteiger partial charge in [-0.05, 0) is 30.5 Å². The second-order valence-electron chi connectivity index (χ2n) is 4.86. The highest BCUT2D eigenvalue weighted by Gasteiger charge is 2.08. The van der Waals surface area contributed by atoms with Gasteiger partial charge in [-0.1, -0.05) is 13.8 Å². The number of carbonyl (C=O) groups is 1. The quantitative estimate of drug-likeness (QED) is 0.353. The standard InChI is InChI=1S/C17H12FN3O3S.C2H6/c18-25-21-15(5-6-19)11-1-4-17(20-8-11)24-13-2-3-14-12(9-22)10-23-16(14)7-13;1-2/h1-10H,19H2;1-2H3/b6-5-,21-15-;. The zero-order chi connectivity index (χ0) is 19.6. The lowest BCUT2D eigenvalue weighted by Crippen LogP contribution is -1.98. The van der Waals surface area contributed by atoms with Crippen LogP contribution in [0.4, 0.5) is 3.89 Å². The zero-order valence-corrected chi connectivity index (χ0v) is 15.6. The highest BCUT2D eigenvalue weighted by molar-refractivity contribution is 7.93. The number of carbonyl (C=O) groups excluding carboxylic acids is 1. The van der Waals surface area contributed by atoms with E-state index >= 15 is 0 Å². The van der Waals surface area contributed by atoms with Crippen LogP contribution in [0.25, 0.3) is 11.0 Å². The van der Waals surface area contributed by atoms with Gasteiger partial charge in [0.25, 0.3) is 0 Å². The van der Waals surface area contributed by atoms with Gasteiger partial charge in [0.2, 0.25) is 5.88 Å². The molecule has 0 aliphatic heterocycles. The molecule has 0 aliphatic carbocycles. The molecular weight excluding hydrogens is 369 g/mol. The summed E-state index contributed by atoms with van der Waals surface area (Å²) in [5, 5.41) is 0.712. The third-order valence-corrected chi connectivity index (χ3v) is 3.61. The van der Waals surface area contributed by atoms with E-state index in [1.807, 2.05) is 13.8 Å². The van der Waals surface area contributed by atoms with Crippen LogP contribution < -0.4 is 10.5 Å². The predicted octanol–water partition coefficient (Wildman–Crippen LogP) is 5.25. The largest absolute Gasteiger partial charge is 0.463 e. The summed E-state index contributed by atoms with van der Waals surface area (Å²) in [5.41, 5.74) is 7.29. The highest BCUT2D eigenvalue weighted by Crippen LogP contribution is 2.27. The SMILES string of the molecule is CC.N/C=C\C(=N\SF)c1ccc(Oc2ccc3c(C=O)coc3c2)nc1. The average Bonchev–Trinajstić information content (AvgIpc) is 3.12. The van der Waals surface area contributed by atoms with E-state index in [0.717, 1.165) is 6.29 Å². The molecule has 0 saturated carbocycles. The van der Waals surface area contributed by atoms with E-state index in [9.17, 15) is 8.68 Å². The molecular formula is C19H18FN3O3S. The lowest BCUT2D eigenvalue weighted by Gasteiger charge is -2.06. The number of hydrogen-bond donors (Lipinski definition) is 1. The minimum absolute atomic E-state index is 0.157. The van der Waals surface area contributed by atoms with Crippen molar-refractivity contribution in [1.82, 2.24) is 4.98 Å². The van der Waals surface area contributed by atoms with Gasteiger partial charge < -0.3 is 14.9 Å². The topological polar surface area (TPSA) is 90.7 Å². The molecule has 6 nitrogen and oxygen atoms in total. The van der Waals surface area contributed by atoms with E-state index in [4.69, 9.17) is 14.9 Å². The van der Waals surface area contributed by atoms with Gasteiger partial charge in [-0.3, -0.25) is 4.79 Å². The Balaban J connectivity index is 0.00000126. The summed E-state index contributed by atoms with van der Waals surface area (Å²) >= 11 is -0.157.